The summed E-state index contributed by atoms with van der Waals surface area (Å²) in [5.41, 5.74) is 1.49. The van der Waals surface area contributed by atoms with E-state index in [1.165, 1.54) is 15.9 Å². The maximum atomic E-state index is 13.3. The van der Waals surface area contributed by atoms with Crippen molar-refractivity contribution in [1.82, 2.24) is 10.6 Å². The van der Waals surface area contributed by atoms with E-state index in [-0.39, 0.29) is 5.91 Å². The predicted molar refractivity (Wildman–Crippen MR) is 136 cm³/mol. The normalized spacial score (nSPS) is 11.6. The van der Waals surface area contributed by atoms with Gasteiger partial charge in [0, 0.05) is 12.6 Å². The standard InChI is InChI=1S/C28H25N2OP.ClHO4/c1-29-22-27(30-28(31)23-14-6-2-7-15-23)32(24-16-8-3-9-17-24,25-18-10-4-11-19-25)26-20-12-5-13-21-26;2-1(3,4)5/h2-22,29H,1H3;(H,2,3,4,5)/b27-22+;. The molecule has 37 heavy (non-hydrogen) atoms. The quantitative estimate of drug-likeness (QED) is 0.311. The molecule has 4 aromatic rings. The van der Waals surface area contributed by atoms with E-state index in [4.69, 9.17) is 18.6 Å². The molecule has 1 amide bonds. The van der Waals surface area contributed by atoms with Gasteiger partial charge in [0.05, 0.1) is 6.20 Å². The van der Waals surface area contributed by atoms with Crippen molar-refractivity contribution < 1.29 is 33.7 Å². The van der Waals surface area contributed by atoms with Crippen LogP contribution in [-0.4, -0.2) is 13.0 Å². The van der Waals surface area contributed by atoms with Crippen molar-refractivity contribution in [2.45, 2.75) is 0 Å². The average molecular weight is 537 g/mol. The Morgan fingerprint density at radius 1 is 0.649 bits per heavy atom. The molecule has 9 heteroatoms. The van der Waals surface area contributed by atoms with Crippen molar-refractivity contribution in [3.05, 3.63) is 139 Å². The monoisotopic (exact) mass is 536 g/mol. The van der Waals surface area contributed by atoms with Gasteiger partial charge < -0.3 is 5.32 Å². The number of nitrogens with one attached hydrogen (secondary N) is 2. The van der Waals surface area contributed by atoms with Crippen molar-refractivity contribution in [2.75, 3.05) is 7.05 Å². The summed E-state index contributed by atoms with van der Waals surface area (Å²) >= 11 is 0. The molecule has 0 fully saturated rings. The first kappa shape index (κ1) is 28.0. The third-order valence-electron chi connectivity index (χ3n) is 5.35. The Morgan fingerprint density at radius 2 is 0.973 bits per heavy atom. The fourth-order valence-electron chi connectivity index (χ4n) is 3.95. The Balaban J connectivity index is 0.000000695. The maximum absolute atomic E-state index is 13.3. The number of halogens is 1. The van der Waals surface area contributed by atoms with Crippen LogP contribution in [0, 0.1) is 10.2 Å². The summed E-state index contributed by atoms with van der Waals surface area (Å²) in [6, 6.07) is 40.7. The summed E-state index contributed by atoms with van der Waals surface area (Å²) < 4.78 is 34.0. The molecule has 4 rings (SSSR count). The molecule has 0 spiro atoms. The van der Waals surface area contributed by atoms with Gasteiger partial charge in [-0.2, -0.15) is 0 Å². The summed E-state index contributed by atoms with van der Waals surface area (Å²) in [7, 11) is -5.47. The smallest absolute Gasteiger partial charge is 0.258 e. The zero-order valence-corrected chi connectivity index (χ0v) is 21.6. The molecule has 0 saturated heterocycles. The van der Waals surface area contributed by atoms with Crippen molar-refractivity contribution in [3.8, 4) is 0 Å². The molecule has 0 aliphatic carbocycles. The molecule has 0 bridgehead atoms. The lowest BCUT2D eigenvalue weighted by Crippen LogP contribution is -2.68. The molecule has 0 aromatic heterocycles. The summed E-state index contributed by atoms with van der Waals surface area (Å²) in [4.78, 5) is 13.3. The third kappa shape index (κ3) is 7.47. The van der Waals surface area contributed by atoms with Gasteiger partial charge in [-0.3, -0.25) is 10.1 Å². The highest BCUT2D eigenvalue weighted by molar-refractivity contribution is 7.99. The highest BCUT2D eigenvalue weighted by Crippen LogP contribution is 2.61. The minimum atomic E-state index is -4.94. The maximum Gasteiger partial charge on any atom is 0.258 e. The molecule has 0 unspecified atom stereocenters. The minimum absolute atomic E-state index is 0.126. The molecule has 0 atom stereocenters. The van der Waals surface area contributed by atoms with E-state index < -0.39 is 17.5 Å². The van der Waals surface area contributed by atoms with E-state index in [0.717, 1.165) is 5.44 Å². The van der Waals surface area contributed by atoms with Crippen LogP contribution in [0.3, 0.4) is 0 Å². The Morgan fingerprint density at radius 3 is 1.30 bits per heavy atom. The number of carbonyl (C=O) groups excluding carboxylic acids is 1. The van der Waals surface area contributed by atoms with E-state index in [1.54, 1.807) is 0 Å². The van der Waals surface area contributed by atoms with Crippen LogP contribution >= 0.6 is 7.26 Å². The first-order valence-electron chi connectivity index (χ1n) is 11.2. The lowest BCUT2D eigenvalue weighted by Gasteiger charge is -2.29. The van der Waals surface area contributed by atoms with Crippen molar-refractivity contribution in [2.24, 2.45) is 0 Å². The highest BCUT2D eigenvalue weighted by atomic mass is 35.7. The molecule has 0 aliphatic rings. The number of rotatable bonds is 7. The Bertz CT molecular complexity index is 1180. The summed E-state index contributed by atoms with van der Waals surface area (Å²) in [6.07, 6.45) is 1.93. The van der Waals surface area contributed by atoms with Gasteiger partial charge in [-0.05, 0) is 48.5 Å². The molecule has 190 valence electrons. The molecule has 0 aliphatic heterocycles. The van der Waals surface area contributed by atoms with Gasteiger partial charge in [0.2, 0.25) is 0 Å². The summed E-state index contributed by atoms with van der Waals surface area (Å²) in [6.45, 7) is 0. The zero-order valence-electron chi connectivity index (χ0n) is 20.0. The van der Waals surface area contributed by atoms with Gasteiger partial charge in [0.15, 0.2) is 12.7 Å². The van der Waals surface area contributed by atoms with Crippen LogP contribution in [0.25, 0.3) is 0 Å². The van der Waals surface area contributed by atoms with Gasteiger partial charge in [-0.1, -0.05) is 72.8 Å². The Labute approximate surface area is 218 Å². The second-order valence-electron chi connectivity index (χ2n) is 7.69. The lowest BCUT2D eigenvalue weighted by molar-refractivity contribution is -2.00. The van der Waals surface area contributed by atoms with Crippen LogP contribution < -0.4 is 45.2 Å². The van der Waals surface area contributed by atoms with Crippen LogP contribution in [0.5, 0.6) is 0 Å². The van der Waals surface area contributed by atoms with E-state index in [1.807, 2.05) is 61.8 Å². The first-order valence-corrected chi connectivity index (χ1v) is 14.2. The van der Waals surface area contributed by atoms with Crippen molar-refractivity contribution >= 4 is 29.1 Å². The topological polar surface area (TPSA) is 133 Å². The Kier molecular flexibility index (Phi) is 9.94. The molecule has 4 aromatic carbocycles. The van der Waals surface area contributed by atoms with Crippen molar-refractivity contribution in [1.29, 1.82) is 0 Å². The molecule has 0 heterocycles. The van der Waals surface area contributed by atoms with Gasteiger partial charge in [-0.15, -0.1) is 10.2 Å². The lowest BCUT2D eigenvalue weighted by atomic mass is 10.2. The summed E-state index contributed by atoms with van der Waals surface area (Å²) in [5.74, 6) is -0.126. The van der Waals surface area contributed by atoms with Crippen LogP contribution in [0.15, 0.2) is 133 Å². The van der Waals surface area contributed by atoms with Gasteiger partial charge in [0.1, 0.15) is 15.9 Å². The second kappa shape index (κ2) is 13.1. The second-order valence-corrected chi connectivity index (χ2v) is 11.8. The Hall–Kier alpha value is -3.55. The van der Waals surface area contributed by atoms with Crippen molar-refractivity contribution in [3.63, 3.8) is 0 Å². The van der Waals surface area contributed by atoms with E-state index in [9.17, 15) is 4.79 Å². The van der Waals surface area contributed by atoms with Crippen LogP contribution in [0.2, 0.25) is 0 Å². The van der Waals surface area contributed by atoms with Gasteiger partial charge in [0.25, 0.3) is 5.91 Å². The molecule has 7 nitrogen and oxygen atoms in total. The number of hydrogen-bond donors (Lipinski definition) is 2. The fourth-order valence-corrected chi connectivity index (χ4v) is 8.13. The fraction of sp³-hybridized carbons (Fsp3) is 0.0357. The third-order valence-corrected chi connectivity index (χ3v) is 9.53. The number of carbonyl (C=O) groups is 1. The van der Waals surface area contributed by atoms with Crippen LogP contribution in [0.4, 0.5) is 0 Å². The van der Waals surface area contributed by atoms with Crippen LogP contribution in [0.1, 0.15) is 10.4 Å². The van der Waals surface area contributed by atoms with E-state index in [0.29, 0.717) is 5.56 Å². The number of hydrogen-bond acceptors (Lipinski definition) is 6. The molecule has 2 N–H and O–H groups in total. The minimum Gasteiger partial charge on any atom is -0.389 e. The number of benzene rings is 4. The van der Waals surface area contributed by atoms with Crippen LogP contribution in [-0.2, 0) is 0 Å². The average Bonchev–Trinajstić information content (AvgIpc) is 2.91. The molecule has 0 radical (unpaired) electrons. The van der Waals surface area contributed by atoms with Gasteiger partial charge in [-0.25, -0.2) is 18.6 Å². The predicted octanol–water partition coefficient (Wildman–Crippen LogP) is -0.327. The molecule has 0 saturated carbocycles. The van der Waals surface area contributed by atoms with E-state index >= 15 is 0 Å². The van der Waals surface area contributed by atoms with Gasteiger partial charge >= 0.3 is 0 Å². The first-order chi connectivity index (χ1) is 17.8. The SMILES string of the molecule is CN/C=C(\NC(=O)c1ccccc1)[P+](c1ccccc1)(c1ccccc1)c1ccccc1.[O-][Cl+3]([O-])([O-])[O-]. The number of amides is 1. The molecular formula is C28H26ClN2O5P. The van der Waals surface area contributed by atoms with E-state index in [2.05, 4.69) is 83.4 Å². The highest BCUT2D eigenvalue weighted by Gasteiger charge is 2.50. The largest absolute Gasteiger partial charge is 0.389 e. The summed E-state index contributed by atoms with van der Waals surface area (Å²) in [5, 5.41) is 9.99. The zero-order chi connectivity index (χ0) is 26.7. The molecular weight excluding hydrogens is 511 g/mol.